The summed E-state index contributed by atoms with van der Waals surface area (Å²) in [6, 6.07) is 6.16. The fourth-order valence-corrected chi connectivity index (χ4v) is 3.06. The summed E-state index contributed by atoms with van der Waals surface area (Å²) in [7, 11) is 0. The number of rotatable bonds is 6. The molecular formula is C21H30FN3O4. The molecule has 0 aliphatic carbocycles. The molecule has 1 aromatic rings. The molecule has 1 fully saturated rings. The Morgan fingerprint density at radius 1 is 1.14 bits per heavy atom. The summed E-state index contributed by atoms with van der Waals surface area (Å²) in [5, 5.41) is 5.47. The molecule has 0 atom stereocenters. The number of piperidine rings is 1. The van der Waals surface area contributed by atoms with Gasteiger partial charge in [-0.1, -0.05) is 12.1 Å². The van der Waals surface area contributed by atoms with E-state index in [4.69, 9.17) is 4.74 Å². The first-order valence-electron chi connectivity index (χ1n) is 9.91. The predicted molar refractivity (Wildman–Crippen MR) is 107 cm³/mol. The zero-order valence-corrected chi connectivity index (χ0v) is 17.3. The molecule has 1 saturated heterocycles. The van der Waals surface area contributed by atoms with Crippen molar-refractivity contribution in [3.05, 3.63) is 35.6 Å². The first-order valence-corrected chi connectivity index (χ1v) is 9.91. The van der Waals surface area contributed by atoms with Crippen LogP contribution in [0, 0.1) is 5.82 Å². The van der Waals surface area contributed by atoms with Gasteiger partial charge in [0.05, 0.1) is 0 Å². The highest BCUT2D eigenvalue weighted by Crippen LogP contribution is 2.12. The van der Waals surface area contributed by atoms with Crippen LogP contribution >= 0.6 is 0 Å². The molecular weight excluding hydrogens is 377 g/mol. The van der Waals surface area contributed by atoms with E-state index in [1.165, 1.54) is 12.1 Å². The average Bonchev–Trinajstić information content (AvgIpc) is 2.65. The summed E-state index contributed by atoms with van der Waals surface area (Å²) in [5.74, 6) is -0.511. The minimum atomic E-state index is -0.617. The van der Waals surface area contributed by atoms with Gasteiger partial charge in [0, 0.05) is 25.6 Å². The molecule has 160 valence electrons. The van der Waals surface area contributed by atoms with Crippen LogP contribution in [0.2, 0.25) is 0 Å². The third-order valence-corrected chi connectivity index (χ3v) is 4.55. The lowest BCUT2D eigenvalue weighted by atomic mass is 10.0. The Labute approximate surface area is 171 Å². The molecule has 1 aromatic carbocycles. The first-order chi connectivity index (χ1) is 13.6. The molecule has 0 bridgehead atoms. The van der Waals surface area contributed by atoms with Gasteiger partial charge < -0.3 is 20.3 Å². The monoisotopic (exact) mass is 407 g/mol. The molecule has 8 heteroatoms. The van der Waals surface area contributed by atoms with Gasteiger partial charge in [0.2, 0.25) is 11.8 Å². The highest BCUT2D eigenvalue weighted by Gasteiger charge is 2.24. The SMILES string of the molecule is CC(C)(C)OC(=O)NCC(=O)N1CCC(NC(=O)CCc2ccc(F)cc2)CC1. The van der Waals surface area contributed by atoms with Crippen LogP contribution < -0.4 is 10.6 Å². The second-order valence-electron chi connectivity index (χ2n) is 8.20. The van der Waals surface area contributed by atoms with E-state index in [9.17, 15) is 18.8 Å². The van der Waals surface area contributed by atoms with Crippen molar-refractivity contribution in [2.75, 3.05) is 19.6 Å². The van der Waals surface area contributed by atoms with Crippen molar-refractivity contribution in [1.82, 2.24) is 15.5 Å². The molecule has 1 aliphatic heterocycles. The van der Waals surface area contributed by atoms with Crippen molar-refractivity contribution in [2.24, 2.45) is 0 Å². The summed E-state index contributed by atoms with van der Waals surface area (Å²) < 4.78 is 18.0. The van der Waals surface area contributed by atoms with E-state index in [2.05, 4.69) is 10.6 Å². The number of aryl methyl sites for hydroxylation is 1. The van der Waals surface area contributed by atoms with Crippen LogP contribution in [0.5, 0.6) is 0 Å². The number of hydrogen-bond donors (Lipinski definition) is 2. The van der Waals surface area contributed by atoms with Crippen LogP contribution in [0.3, 0.4) is 0 Å². The Kier molecular flexibility index (Phi) is 7.99. The van der Waals surface area contributed by atoms with E-state index < -0.39 is 11.7 Å². The van der Waals surface area contributed by atoms with Gasteiger partial charge in [0.1, 0.15) is 18.0 Å². The average molecular weight is 407 g/mol. The van der Waals surface area contributed by atoms with E-state index >= 15 is 0 Å². The number of carbonyl (C=O) groups excluding carboxylic acids is 3. The van der Waals surface area contributed by atoms with Crippen LogP contribution in [-0.4, -0.2) is 54.1 Å². The standard InChI is InChI=1S/C21H30FN3O4/c1-21(2,3)29-20(28)23-14-19(27)25-12-10-17(11-13-25)24-18(26)9-6-15-4-7-16(22)8-5-15/h4-5,7-8,17H,6,9-14H2,1-3H3,(H,23,28)(H,24,26). The molecule has 0 aromatic heterocycles. The lowest BCUT2D eigenvalue weighted by Gasteiger charge is -2.32. The topological polar surface area (TPSA) is 87.7 Å². The molecule has 1 aliphatic rings. The predicted octanol–water partition coefficient (Wildman–Crippen LogP) is 2.39. The Bertz CT molecular complexity index is 708. The van der Waals surface area contributed by atoms with Crippen molar-refractivity contribution in [1.29, 1.82) is 0 Å². The second-order valence-corrected chi connectivity index (χ2v) is 8.20. The number of amides is 3. The Morgan fingerprint density at radius 3 is 2.34 bits per heavy atom. The van der Waals surface area contributed by atoms with E-state index in [0.29, 0.717) is 38.8 Å². The van der Waals surface area contributed by atoms with Crippen LogP contribution in [0.1, 0.15) is 45.6 Å². The van der Waals surface area contributed by atoms with Gasteiger partial charge in [0.25, 0.3) is 0 Å². The summed E-state index contributed by atoms with van der Waals surface area (Å²) in [6.45, 7) is 6.21. The van der Waals surface area contributed by atoms with Gasteiger partial charge in [-0.15, -0.1) is 0 Å². The number of alkyl carbamates (subject to hydrolysis) is 1. The minimum absolute atomic E-state index is 0.0265. The van der Waals surface area contributed by atoms with Crippen LogP contribution in [0.25, 0.3) is 0 Å². The first kappa shape index (κ1) is 22.6. The summed E-state index contributed by atoms with van der Waals surface area (Å²) >= 11 is 0. The van der Waals surface area contributed by atoms with Crippen molar-refractivity contribution in [3.63, 3.8) is 0 Å². The van der Waals surface area contributed by atoms with E-state index in [0.717, 1.165) is 5.56 Å². The smallest absolute Gasteiger partial charge is 0.408 e. The van der Waals surface area contributed by atoms with Gasteiger partial charge in [-0.2, -0.15) is 0 Å². The fraction of sp³-hybridized carbons (Fsp3) is 0.571. The number of nitrogens with one attached hydrogen (secondary N) is 2. The van der Waals surface area contributed by atoms with Crippen molar-refractivity contribution >= 4 is 17.9 Å². The minimum Gasteiger partial charge on any atom is -0.444 e. The van der Waals surface area contributed by atoms with Gasteiger partial charge >= 0.3 is 6.09 Å². The molecule has 3 amide bonds. The van der Waals surface area contributed by atoms with Crippen molar-refractivity contribution in [2.45, 2.75) is 58.1 Å². The van der Waals surface area contributed by atoms with Crippen molar-refractivity contribution in [3.8, 4) is 0 Å². The number of ether oxygens (including phenoxy) is 1. The highest BCUT2D eigenvalue weighted by atomic mass is 19.1. The van der Waals surface area contributed by atoms with Crippen LogP contribution in [-0.2, 0) is 20.7 Å². The number of halogens is 1. The molecule has 0 saturated carbocycles. The third kappa shape index (κ3) is 8.50. The quantitative estimate of drug-likeness (QED) is 0.758. The Balaban J connectivity index is 1.65. The third-order valence-electron chi connectivity index (χ3n) is 4.55. The van der Waals surface area contributed by atoms with Gasteiger partial charge in [-0.05, 0) is 57.7 Å². The summed E-state index contributed by atoms with van der Waals surface area (Å²) in [4.78, 5) is 37.7. The Hall–Kier alpha value is -2.64. The number of carbonyl (C=O) groups is 3. The summed E-state index contributed by atoms with van der Waals surface area (Å²) in [5.41, 5.74) is 0.305. The zero-order valence-electron chi connectivity index (χ0n) is 17.3. The number of hydrogen-bond acceptors (Lipinski definition) is 4. The second kappa shape index (κ2) is 10.2. The Morgan fingerprint density at radius 2 is 1.76 bits per heavy atom. The van der Waals surface area contributed by atoms with Gasteiger partial charge in [0.15, 0.2) is 0 Å². The van der Waals surface area contributed by atoms with Crippen molar-refractivity contribution < 1.29 is 23.5 Å². The van der Waals surface area contributed by atoms with Gasteiger partial charge in [-0.25, -0.2) is 9.18 Å². The molecule has 1 heterocycles. The zero-order chi connectivity index (χ0) is 21.4. The lowest BCUT2D eigenvalue weighted by Crippen LogP contribution is -2.49. The molecule has 29 heavy (non-hydrogen) atoms. The molecule has 0 spiro atoms. The number of benzene rings is 1. The lowest BCUT2D eigenvalue weighted by molar-refractivity contribution is -0.131. The molecule has 2 rings (SSSR count). The number of likely N-dealkylation sites (tertiary alicyclic amines) is 1. The molecule has 7 nitrogen and oxygen atoms in total. The largest absolute Gasteiger partial charge is 0.444 e. The maximum absolute atomic E-state index is 12.9. The number of nitrogens with zero attached hydrogens (tertiary/aromatic N) is 1. The van der Waals surface area contributed by atoms with E-state index in [-0.39, 0.29) is 30.2 Å². The maximum atomic E-state index is 12.9. The normalized spacial score (nSPS) is 15.0. The van der Waals surface area contributed by atoms with E-state index in [1.54, 1.807) is 37.8 Å². The maximum Gasteiger partial charge on any atom is 0.408 e. The summed E-state index contributed by atoms with van der Waals surface area (Å²) in [6.07, 6.45) is 1.61. The van der Waals surface area contributed by atoms with Gasteiger partial charge in [-0.3, -0.25) is 9.59 Å². The van der Waals surface area contributed by atoms with Crippen LogP contribution in [0.4, 0.5) is 9.18 Å². The molecule has 2 N–H and O–H groups in total. The fourth-order valence-electron chi connectivity index (χ4n) is 3.06. The molecule has 0 radical (unpaired) electrons. The van der Waals surface area contributed by atoms with Crippen LogP contribution in [0.15, 0.2) is 24.3 Å². The van der Waals surface area contributed by atoms with E-state index in [1.807, 2.05) is 0 Å². The molecule has 0 unspecified atom stereocenters. The highest BCUT2D eigenvalue weighted by molar-refractivity contribution is 5.82.